The summed E-state index contributed by atoms with van der Waals surface area (Å²) in [6.07, 6.45) is 5.25. The first-order valence-electron chi connectivity index (χ1n) is 9.61. The van der Waals surface area contributed by atoms with Gasteiger partial charge in [0.1, 0.15) is 0 Å². The normalized spacial score (nSPS) is 14.6. The van der Waals surface area contributed by atoms with Gasteiger partial charge in [-0.1, -0.05) is 12.0 Å². The minimum absolute atomic E-state index is 0.0833. The Hall–Kier alpha value is -3.20. The highest BCUT2D eigenvalue weighted by Crippen LogP contribution is 2.35. The van der Waals surface area contributed by atoms with Crippen molar-refractivity contribution in [3.05, 3.63) is 47.4 Å². The third-order valence-corrected chi connectivity index (χ3v) is 4.90. The molecule has 0 radical (unpaired) electrons. The molecule has 6 nitrogen and oxygen atoms in total. The molecular weight excluding hydrogens is 372 g/mol. The fourth-order valence-electron chi connectivity index (χ4n) is 3.33. The fourth-order valence-corrected chi connectivity index (χ4v) is 3.33. The van der Waals surface area contributed by atoms with Crippen LogP contribution in [0, 0.1) is 11.8 Å². The van der Waals surface area contributed by atoms with Gasteiger partial charge in [0.25, 0.3) is 0 Å². The standard InChI is InChI=1S/C23H24O6/c1-26-21-12-8-16(13-22(21)29-18-5-3-4-6-18)17(14-23(25)27-2)7-9-19-10-11-20(15-24)28-19/h8,10-13,15,17-18H,3-6,14H2,1-2H3. The first-order chi connectivity index (χ1) is 14.1. The van der Waals surface area contributed by atoms with Gasteiger partial charge in [-0.05, 0) is 61.4 Å². The molecule has 1 atom stereocenters. The van der Waals surface area contributed by atoms with Gasteiger partial charge >= 0.3 is 5.97 Å². The zero-order chi connectivity index (χ0) is 20.6. The van der Waals surface area contributed by atoms with Crippen LogP contribution >= 0.6 is 0 Å². The minimum atomic E-state index is -0.427. The largest absolute Gasteiger partial charge is 0.493 e. The maximum absolute atomic E-state index is 11.9. The van der Waals surface area contributed by atoms with E-state index in [1.807, 2.05) is 18.2 Å². The molecule has 1 unspecified atom stereocenters. The predicted molar refractivity (Wildman–Crippen MR) is 106 cm³/mol. The van der Waals surface area contributed by atoms with Crippen LogP contribution in [0.25, 0.3) is 0 Å². The van der Waals surface area contributed by atoms with Crippen molar-refractivity contribution in [2.45, 2.75) is 44.1 Å². The van der Waals surface area contributed by atoms with Gasteiger partial charge in [-0.15, -0.1) is 0 Å². The van der Waals surface area contributed by atoms with Gasteiger partial charge in [0, 0.05) is 0 Å². The van der Waals surface area contributed by atoms with Crippen molar-refractivity contribution in [2.75, 3.05) is 14.2 Å². The zero-order valence-electron chi connectivity index (χ0n) is 16.6. The first kappa shape index (κ1) is 20.5. The van der Waals surface area contributed by atoms with Crippen LogP contribution in [0.5, 0.6) is 11.5 Å². The van der Waals surface area contributed by atoms with Gasteiger partial charge in [-0.3, -0.25) is 9.59 Å². The average Bonchev–Trinajstić information content (AvgIpc) is 3.42. The van der Waals surface area contributed by atoms with E-state index in [0.717, 1.165) is 31.2 Å². The van der Waals surface area contributed by atoms with Crippen LogP contribution in [0.1, 0.15) is 59.9 Å². The van der Waals surface area contributed by atoms with Crippen molar-refractivity contribution in [3.63, 3.8) is 0 Å². The molecule has 1 aromatic heterocycles. The number of carbonyl (C=O) groups is 2. The molecule has 1 fully saturated rings. The molecular formula is C23H24O6. The van der Waals surface area contributed by atoms with Crippen molar-refractivity contribution >= 4 is 12.3 Å². The Morgan fingerprint density at radius 1 is 1.21 bits per heavy atom. The van der Waals surface area contributed by atoms with Crippen molar-refractivity contribution in [3.8, 4) is 23.3 Å². The Kier molecular flexibility index (Phi) is 6.96. The lowest BCUT2D eigenvalue weighted by Crippen LogP contribution is -2.12. The lowest BCUT2D eigenvalue weighted by Gasteiger charge is -2.18. The number of methoxy groups -OCH3 is 2. The van der Waals surface area contributed by atoms with Crippen LogP contribution in [0.15, 0.2) is 34.7 Å². The van der Waals surface area contributed by atoms with Gasteiger partial charge in [0.2, 0.25) is 0 Å². The molecule has 0 bridgehead atoms. The van der Waals surface area contributed by atoms with Gasteiger partial charge in [-0.2, -0.15) is 0 Å². The van der Waals surface area contributed by atoms with Crippen molar-refractivity contribution < 1.29 is 28.2 Å². The summed E-state index contributed by atoms with van der Waals surface area (Å²) in [5, 5.41) is 0. The smallest absolute Gasteiger partial charge is 0.307 e. The fraction of sp³-hybridized carbons (Fsp3) is 0.391. The van der Waals surface area contributed by atoms with Gasteiger partial charge in [0.15, 0.2) is 29.3 Å². The average molecular weight is 396 g/mol. The van der Waals surface area contributed by atoms with Gasteiger partial charge in [0.05, 0.1) is 32.7 Å². The molecule has 0 amide bonds. The summed E-state index contributed by atoms with van der Waals surface area (Å²) in [7, 11) is 2.95. The number of carbonyl (C=O) groups excluding carboxylic acids is 2. The van der Waals surface area contributed by atoms with Gasteiger partial charge < -0.3 is 18.6 Å². The van der Waals surface area contributed by atoms with Crippen molar-refractivity contribution in [1.29, 1.82) is 0 Å². The summed E-state index contributed by atoms with van der Waals surface area (Å²) in [6, 6.07) is 8.73. The molecule has 0 saturated heterocycles. The highest BCUT2D eigenvalue weighted by molar-refractivity contribution is 5.72. The summed E-state index contributed by atoms with van der Waals surface area (Å²) < 4.78 is 21.7. The number of benzene rings is 1. The lowest BCUT2D eigenvalue weighted by atomic mass is 9.95. The number of rotatable bonds is 7. The zero-order valence-corrected chi connectivity index (χ0v) is 16.6. The van der Waals surface area contributed by atoms with E-state index in [1.54, 1.807) is 19.2 Å². The molecule has 0 aliphatic heterocycles. The second-order valence-electron chi connectivity index (χ2n) is 6.86. The van der Waals surface area contributed by atoms with E-state index >= 15 is 0 Å². The number of hydrogen-bond acceptors (Lipinski definition) is 6. The number of aldehydes is 1. The Labute approximate surface area is 170 Å². The molecule has 1 heterocycles. The molecule has 3 rings (SSSR count). The molecule has 152 valence electrons. The third kappa shape index (κ3) is 5.41. The number of hydrogen-bond donors (Lipinski definition) is 0. The Morgan fingerprint density at radius 2 is 2.00 bits per heavy atom. The quantitative estimate of drug-likeness (QED) is 0.398. The maximum Gasteiger partial charge on any atom is 0.307 e. The summed E-state index contributed by atoms with van der Waals surface area (Å²) in [5.41, 5.74) is 0.818. The number of ether oxygens (including phenoxy) is 3. The van der Waals surface area contributed by atoms with Crippen molar-refractivity contribution in [2.24, 2.45) is 0 Å². The number of esters is 1. The molecule has 0 spiro atoms. The summed E-state index contributed by atoms with van der Waals surface area (Å²) in [6.45, 7) is 0. The van der Waals surface area contributed by atoms with Crippen LogP contribution in [-0.4, -0.2) is 32.6 Å². The highest BCUT2D eigenvalue weighted by atomic mass is 16.5. The molecule has 1 aliphatic rings. The van der Waals surface area contributed by atoms with E-state index in [0.29, 0.717) is 23.5 Å². The lowest BCUT2D eigenvalue weighted by molar-refractivity contribution is -0.140. The van der Waals surface area contributed by atoms with E-state index in [1.165, 1.54) is 7.11 Å². The van der Waals surface area contributed by atoms with Crippen LogP contribution in [0.2, 0.25) is 0 Å². The maximum atomic E-state index is 11.9. The molecule has 2 aromatic rings. The monoisotopic (exact) mass is 396 g/mol. The van der Waals surface area contributed by atoms with Crippen LogP contribution in [0.3, 0.4) is 0 Å². The molecule has 29 heavy (non-hydrogen) atoms. The summed E-state index contributed by atoms with van der Waals surface area (Å²) in [5.74, 6) is 7.01. The van der Waals surface area contributed by atoms with E-state index < -0.39 is 5.92 Å². The first-order valence-corrected chi connectivity index (χ1v) is 9.61. The molecule has 1 aliphatic carbocycles. The van der Waals surface area contributed by atoms with E-state index in [-0.39, 0.29) is 24.3 Å². The van der Waals surface area contributed by atoms with E-state index in [4.69, 9.17) is 18.6 Å². The van der Waals surface area contributed by atoms with Crippen LogP contribution in [0.4, 0.5) is 0 Å². The van der Waals surface area contributed by atoms with Crippen molar-refractivity contribution in [1.82, 2.24) is 0 Å². The molecule has 6 heteroatoms. The van der Waals surface area contributed by atoms with Crippen LogP contribution < -0.4 is 9.47 Å². The predicted octanol–water partition coefficient (Wildman–Crippen LogP) is 4.12. The summed E-state index contributed by atoms with van der Waals surface area (Å²) in [4.78, 5) is 22.7. The van der Waals surface area contributed by atoms with Crippen LogP contribution in [-0.2, 0) is 9.53 Å². The summed E-state index contributed by atoms with van der Waals surface area (Å²) >= 11 is 0. The van der Waals surface area contributed by atoms with E-state index in [9.17, 15) is 9.59 Å². The molecule has 1 aromatic carbocycles. The Balaban J connectivity index is 1.89. The molecule has 1 saturated carbocycles. The highest BCUT2D eigenvalue weighted by Gasteiger charge is 2.21. The third-order valence-electron chi connectivity index (χ3n) is 4.90. The number of furan rings is 1. The Bertz CT molecular complexity index is 911. The Morgan fingerprint density at radius 3 is 2.66 bits per heavy atom. The van der Waals surface area contributed by atoms with Gasteiger partial charge in [-0.25, -0.2) is 0 Å². The van der Waals surface area contributed by atoms with E-state index in [2.05, 4.69) is 11.8 Å². The second-order valence-corrected chi connectivity index (χ2v) is 6.86. The topological polar surface area (TPSA) is 75.0 Å². The minimum Gasteiger partial charge on any atom is -0.493 e. The SMILES string of the molecule is COC(=O)CC(C#Cc1ccc(C=O)o1)c1ccc(OC)c(OC2CCCC2)c1. The second kappa shape index (κ2) is 9.83. The molecule has 0 N–H and O–H groups in total.